The van der Waals surface area contributed by atoms with Gasteiger partial charge in [0.25, 0.3) is 20.0 Å². The number of nitrogens with zero attached hydrogens (tertiary/aromatic N) is 4. The van der Waals surface area contributed by atoms with Crippen molar-refractivity contribution in [2.24, 2.45) is 0 Å². The zero-order valence-corrected chi connectivity index (χ0v) is 16.6. The molecule has 150 valence electrons. The predicted octanol–water partition coefficient (Wildman–Crippen LogP) is 0.678. The lowest BCUT2D eigenvalue weighted by Gasteiger charge is -2.42. The molecule has 2 aromatic rings. The average molecular weight is 425 g/mol. The summed E-state index contributed by atoms with van der Waals surface area (Å²) in [5.74, 6) is 0. The van der Waals surface area contributed by atoms with Gasteiger partial charge in [0.15, 0.2) is 10.1 Å². The van der Waals surface area contributed by atoms with Crippen LogP contribution in [0.2, 0.25) is 0 Å². The van der Waals surface area contributed by atoms with Crippen LogP contribution in [0.15, 0.2) is 58.8 Å². The summed E-state index contributed by atoms with van der Waals surface area (Å²) in [5.41, 5.74) is -1.05. The van der Waals surface area contributed by atoms with Crippen molar-refractivity contribution in [3.63, 3.8) is 0 Å². The van der Waals surface area contributed by atoms with E-state index < -0.39 is 25.8 Å². The summed E-state index contributed by atoms with van der Waals surface area (Å²) < 4.78 is 60.1. The van der Waals surface area contributed by atoms with E-state index in [9.17, 15) is 16.8 Å². The van der Waals surface area contributed by atoms with Crippen molar-refractivity contribution in [3.05, 3.63) is 48.8 Å². The maximum atomic E-state index is 13.0. The molecule has 11 heteroatoms. The van der Waals surface area contributed by atoms with Gasteiger partial charge in [-0.2, -0.15) is 8.61 Å². The number of aromatic nitrogens is 2. The van der Waals surface area contributed by atoms with Crippen LogP contribution in [0, 0.1) is 0 Å². The number of pyridine rings is 2. The maximum Gasteiger partial charge on any atom is 0.263 e. The monoisotopic (exact) mass is 424 g/mol. The van der Waals surface area contributed by atoms with E-state index in [4.69, 9.17) is 4.74 Å². The van der Waals surface area contributed by atoms with Crippen LogP contribution in [0.25, 0.3) is 0 Å². The van der Waals surface area contributed by atoms with Crippen molar-refractivity contribution in [1.82, 2.24) is 18.6 Å². The lowest BCUT2D eigenvalue weighted by molar-refractivity contribution is -0.0807. The lowest BCUT2D eigenvalue weighted by Crippen LogP contribution is -2.55. The van der Waals surface area contributed by atoms with Gasteiger partial charge in [-0.1, -0.05) is 12.1 Å². The van der Waals surface area contributed by atoms with Gasteiger partial charge < -0.3 is 4.74 Å². The van der Waals surface area contributed by atoms with E-state index in [1.165, 1.54) is 33.1 Å². The third-order valence-corrected chi connectivity index (χ3v) is 8.74. The minimum Gasteiger partial charge on any atom is -0.358 e. The number of ether oxygens (including phenoxy) is 1. The van der Waals surface area contributed by atoms with Crippen molar-refractivity contribution < 1.29 is 21.6 Å². The topological polar surface area (TPSA) is 110 Å². The molecule has 1 spiro atoms. The van der Waals surface area contributed by atoms with E-state index in [1.54, 1.807) is 24.3 Å². The first-order valence-corrected chi connectivity index (χ1v) is 11.7. The Labute approximate surface area is 164 Å². The van der Waals surface area contributed by atoms with E-state index in [2.05, 4.69) is 9.97 Å². The molecule has 0 bridgehead atoms. The Bertz CT molecular complexity index is 1040. The summed E-state index contributed by atoms with van der Waals surface area (Å²) in [4.78, 5) is 7.90. The van der Waals surface area contributed by atoms with Gasteiger partial charge >= 0.3 is 0 Å². The van der Waals surface area contributed by atoms with Gasteiger partial charge in [0.2, 0.25) is 0 Å². The molecule has 0 N–H and O–H groups in total. The largest absolute Gasteiger partial charge is 0.358 e. The van der Waals surface area contributed by atoms with Crippen LogP contribution in [-0.2, 0) is 24.8 Å². The highest BCUT2D eigenvalue weighted by atomic mass is 32.2. The molecule has 0 amide bonds. The number of sulfonamides is 2. The van der Waals surface area contributed by atoms with E-state index in [0.717, 1.165) is 0 Å². The number of hydrogen-bond acceptors (Lipinski definition) is 7. The molecule has 0 aromatic carbocycles. The van der Waals surface area contributed by atoms with Gasteiger partial charge in [0.05, 0.1) is 6.61 Å². The summed E-state index contributed by atoms with van der Waals surface area (Å²) in [6.07, 6.45) is 3.34. The van der Waals surface area contributed by atoms with Crippen LogP contribution in [0.3, 0.4) is 0 Å². The van der Waals surface area contributed by atoms with Crippen molar-refractivity contribution in [2.75, 3.05) is 26.2 Å². The second kappa shape index (κ2) is 7.16. The van der Waals surface area contributed by atoms with Gasteiger partial charge in [0, 0.05) is 44.9 Å². The summed E-state index contributed by atoms with van der Waals surface area (Å²) in [6.45, 7) is 0.769. The Morgan fingerprint density at radius 3 is 1.93 bits per heavy atom. The molecule has 9 nitrogen and oxygen atoms in total. The molecule has 0 radical (unpaired) electrons. The van der Waals surface area contributed by atoms with Crippen molar-refractivity contribution in [3.8, 4) is 0 Å². The van der Waals surface area contributed by atoms with Crippen LogP contribution in [0.4, 0.5) is 0 Å². The van der Waals surface area contributed by atoms with Crippen molar-refractivity contribution in [1.29, 1.82) is 0 Å². The Morgan fingerprint density at radius 1 is 0.821 bits per heavy atom. The van der Waals surface area contributed by atoms with E-state index in [-0.39, 0.29) is 49.1 Å². The first kappa shape index (κ1) is 19.4. The van der Waals surface area contributed by atoms with Crippen LogP contribution in [-0.4, -0.2) is 67.4 Å². The smallest absolute Gasteiger partial charge is 0.263 e. The SMILES string of the molecule is O=S(=O)(c1ccccn1)N1CCC2(CC1)OCCN2S(=O)(=O)c1ccccn1. The lowest BCUT2D eigenvalue weighted by atomic mass is 10.0. The molecule has 2 aromatic heterocycles. The summed E-state index contributed by atoms with van der Waals surface area (Å²) >= 11 is 0. The molecule has 0 unspecified atom stereocenters. The van der Waals surface area contributed by atoms with E-state index in [0.29, 0.717) is 0 Å². The highest BCUT2D eigenvalue weighted by Gasteiger charge is 2.52. The predicted molar refractivity (Wildman–Crippen MR) is 99.0 cm³/mol. The first-order valence-electron chi connectivity index (χ1n) is 8.85. The van der Waals surface area contributed by atoms with Gasteiger partial charge in [-0.15, -0.1) is 0 Å². The molecule has 2 aliphatic heterocycles. The minimum atomic E-state index is -3.83. The molecule has 28 heavy (non-hydrogen) atoms. The molecular formula is C17H20N4O5S2. The summed E-state index contributed by atoms with van der Waals surface area (Å²) in [6, 6.07) is 9.43. The molecule has 2 fully saturated rings. The van der Waals surface area contributed by atoms with Crippen molar-refractivity contribution in [2.45, 2.75) is 28.6 Å². The normalized spacial score (nSPS) is 21.1. The molecular weight excluding hydrogens is 404 g/mol. The van der Waals surface area contributed by atoms with Crippen LogP contribution in [0.1, 0.15) is 12.8 Å². The average Bonchev–Trinajstić information content (AvgIpc) is 3.13. The third kappa shape index (κ3) is 3.22. The molecule has 4 rings (SSSR count). The molecule has 2 aliphatic rings. The molecule has 2 saturated heterocycles. The van der Waals surface area contributed by atoms with Crippen LogP contribution < -0.4 is 0 Å². The number of hydrogen-bond donors (Lipinski definition) is 0. The maximum absolute atomic E-state index is 13.0. The summed E-state index contributed by atoms with van der Waals surface area (Å²) in [5, 5.41) is -0.0559. The quantitative estimate of drug-likeness (QED) is 0.710. The fourth-order valence-corrected chi connectivity index (χ4v) is 6.68. The first-order chi connectivity index (χ1) is 13.4. The van der Waals surface area contributed by atoms with Crippen LogP contribution >= 0.6 is 0 Å². The molecule has 4 heterocycles. The molecule has 0 aliphatic carbocycles. The zero-order valence-electron chi connectivity index (χ0n) is 15.0. The number of piperidine rings is 1. The second-order valence-electron chi connectivity index (χ2n) is 6.61. The summed E-state index contributed by atoms with van der Waals surface area (Å²) in [7, 11) is -7.56. The van der Waals surface area contributed by atoms with Gasteiger partial charge in [-0.05, 0) is 24.3 Å². The van der Waals surface area contributed by atoms with Crippen LogP contribution in [0.5, 0.6) is 0 Å². The molecule has 0 atom stereocenters. The number of rotatable bonds is 4. The Balaban J connectivity index is 1.56. The Hall–Kier alpha value is -1.92. The van der Waals surface area contributed by atoms with Gasteiger partial charge in [0.1, 0.15) is 5.72 Å². The Kier molecular flexibility index (Phi) is 4.96. The Morgan fingerprint density at radius 2 is 1.39 bits per heavy atom. The van der Waals surface area contributed by atoms with Gasteiger partial charge in [-0.3, -0.25) is 0 Å². The van der Waals surface area contributed by atoms with E-state index >= 15 is 0 Å². The minimum absolute atomic E-state index is 0.0174. The van der Waals surface area contributed by atoms with E-state index in [1.807, 2.05) is 0 Å². The zero-order chi connectivity index (χ0) is 19.8. The second-order valence-corrected chi connectivity index (χ2v) is 10.3. The molecule has 0 saturated carbocycles. The third-order valence-electron chi connectivity index (χ3n) is 5.06. The fraction of sp³-hybridized carbons (Fsp3) is 0.412. The van der Waals surface area contributed by atoms with Gasteiger partial charge in [-0.25, -0.2) is 26.8 Å². The highest BCUT2D eigenvalue weighted by Crippen LogP contribution is 2.38. The standard InChI is InChI=1S/C17H20N4O5S2/c22-27(23,15-5-1-3-9-18-15)20-11-7-17(8-12-20)21(13-14-26-17)28(24,25)16-6-2-4-10-19-16/h1-6,9-10H,7-8,11-14H2. The highest BCUT2D eigenvalue weighted by molar-refractivity contribution is 7.89. The van der Waals surface area contributed by atoms with Crippen molar-refractivity contribution >= 4 is 20.0 Å². The fourth-order valence-electron chi connectivity index (χ4n) is 3.65.